The minimum absolute atomic E-state index is 0.203. The minimum atomic E-state index is -0.359. The normalized spacial score (nSPS) is 10.9. The lowest BCUT2D eigenvalue weighted by atomic mass is 10.1. The van der Waals surface area contributed by atoms with Gasteiger partial charge in [-0.05, 0) is 29.8 Å². The van der Waals surface area contributed by atoms with Crippen LogP contribution in [0.15, 0.2) is 70.8 Å². The summed E-state index contributed by atoms with van der Waals surface area (Å²) >= 11 is 1.50. The number of nitrogen functional groups attached to an aromatic ring is 1. The van der Waals surface area contributed by atoms with Crippen LogP contribution in [-0.2, 0) is 11.3 Å². The number of carbonyl (C=O) groups excluding carboxylic acids is 1. The molecule has 0 fully saturated rings. The molecule has 0 aliphatic carbocycles. The molecule has 8 heteroatoms. The van der Waals surface area contributed by atoms with E-state index in [9.17, 15) is 4.79 Å². The van der Waals surface area contributed by atoms with Crippen molar-refractivity contribution in [2.75, 3.05) is 12.8 Å². The molecule has 0 spiro atoms. The molecule has 0 saturated heterocycles. The van der Waals surface area contributed by atoms with Crippen LogP contribution in [0.2, 0.25) is 0 Å². The predicted octanol–water partition coefficient (Wildman–Crippen LogP) is 3.39. The highest BCUT2D eigenvalue weighted by atomic mass is 32.2. The number of carbonyl (C=O) groups is 1. The van der Waals surface area contributed by atoms with Crippen molar-refractivity contribution in [3.05, 3.63) is 72.1 Å². The average molecular weight is 391 g/mol. The van der Waals surface area contributed by atoms with Crippen LogP contribution in [0.3, 0.4) is 0 Å². The molecule has 2 aromatic carbocycles. The Kier molecular flexibility index (Phi) is 4.94. The smallest absolute Gasteiger partial charge is 0.337 e. The molecule has 0 amide bonds. The first kappa shape index (κ1) is 18.0. The molecule has 2 heterocycles. The van der Waals surface area contributed by atoms with E-state index >= 15 is 0 Å². The highest BCUT2D eigenvalue weighted by Gasteiger charge is 2.14. The van der Waals surface area contributed by atoms with E-state index in [0.29, 0.717) is 28.3 Å². The molecule has 28 heavy (non-hydrogen) atoms. The Bertz CT molecular complexity index is 1130. The summed E-state index contributed by atoms with van der Waals surface area (Å²) in [5, 5.41) is 0.716. The summed E-state index contributed by atoms with van der Waals surface area (Å²) in [7, 11) is 1.36. The van der Waals surface area contributed by atoms with E-state index in [1.807, 2.05) is 47.0 Å². The molecule has 0 saturated carbocycles. The molecule has 4 rings (SSSR count). The minimum Gasteiger partial charge on any atom is -0.465 e. The number of anilines is 1. The number of aromatic nitrogens is 4. The van der Waals surface area contributed by atoms with Crippen LogP contribution in [0.4, 0.5) is 5.95 Å². The number of imidazole rings is 1. The largest absolute Gasteiger partial charge is 0.465 e. The van der Waals surface area contributed by atoms with Gasteiger partial charge in [-0.1, -0.05) is 42.1 Å². The third-order valence-corrected chi connectivity index (χ3v) is 5.12. The molecule has 0 atom stereocenters. The second kappa shape index (κ2) is 7.69. The van der Waals surface area contributed by atoms with Gasteiger partial charge in [0.2, 0.25) is 5.95 Å². The van der Waals surface area contributed by atoms with Crippen LogP contribution in [0.5, 0.6) is 0 Å². The molecule has 140 valence electrons. The Hall–Kier alpha value is -3.39. The van der Waals surface area contributed by atoms with Gasteiger partial charge in [0.1, 0.15) is 10.5 Å². The second-order valence-electron chi connectivity index (χ2n) is 6.04. The van der Waals surface area contributed by atoms with E-state index in [0.717, 1.165) is 10.5 Å². The van der Waals surface area contributed by atoms with E-state index < -0.39 is 0 Å². The number of hydrogen-bond donors (Lipinski definition) is 1. The number of ether oxygens (including phenoxy) is 1. The number of hydrogen-bond acceptors (Lipinski definition) is 7. The first-order valence-corrected chi connectivity index (χ1v) is 9.34. The third kappa shape index (κ3) is 3.67. The van der Waals surface area contributed by atoms with E-state index in [4.69, 9.17) is 10.5 Å². The summed E-state index contributed by atoms with van der Waals surface area (Å²) in [6, 6.07) is 17.2. The average Bonchev–Trinajstić information content (AvgIpc) is 3.11. The Balaban J connectivity index is 1.64. The Morgan fingerprint density at radius 2 is 1.86 bits per heavy atom. The Morgan fingerprint density at radius 1 is 1.11 bits per heavy atom. The highest BCUT2D eigenvalue weighted by molar-refractivity contribution is 7.99. The van der Waals surface area contributed by atoms with E-state index in [-0.39, 0.29) is 11.9 Å². The van der Waals surface area contributed by atoms with Crippen LogP contribution in [0.25, 0.3) is 11.2 Å². The van der Waals surface area contributed by atoms with Gasteiger partial charge in [0.25, 0.3) is 0 Å². The fraction of sp³-hybridized carbons (Fsp3) is 0.100. The lowest BCUT2D eigenvalue weighted by Crippen LogP contribution is -2.04. The lowest BCUT2D eigenvalue weighted by molar-refractivity contribution is 0.0600. The van der Waals surface area contributed by atoms with Crippen LogP contribution in [-0.4, -0.2) is 32.6 Å². The maximum atomic E-state index is 11.6. The van der Waals surface area contributed by atoms with Crippen LogP contribution in [0, 0.1) is 0 Å². The summed E-state index contributed by atoms with van der Waals surface area (Å²) in [5.41, 5.74) is 8.82. The van der Waals surface area contributed by atoms with Crippen molar-refractivity contribution in [1.29, 1.82) is 0 Å². The summed E-state index contributed by atoms with van der Waals surface area (Å²) in [6.07, 6.45) is 1.72. The van der Waals surface area contributed by atoms with Gasteiger partial charge in [0.05, 0.1) is 25.5 Å². The number of methoxy groups -OCH3 is 1. The quantitative estimate of drug-likeness (QED) is 0.411. The van der Waals surface area contributed by atoms with Gasteiger partial charge in [0.15, 0.2) is 5.65 Å². The molecule has 0 aliphatic heterocycles. The summed E-state index contributed by atoms with van der Waals surface area (Å²) in [6.45, 7) is 0.545. The van der Waals surface area contributed by atoms with Crippen molar-refractivity contribution in [3.63, 3.8) is 0 Å². The maximum absolute atomic E-state index is 11.6. The third-order valence-electron chi connectivity index (χ3n) is 4.13. The first-order valence-electron chi connectivity index (χ1n) is 8.52. The van der Waals surface area contributed by atoms with Gasteiger partial charge >= 0.3 is 5.97 Å². The number of rotatable bonds is 5. The Labute approximate surface area is 165 Å². The molecular formula is C20H17N5O2S. The fourth-order valence-electron chi connectivity index (χ4n) is 2.78. The van der Waals surface area contributed by atoms with Gasteiger partial charge in [0, 0.05) is 4.90 Å². The van der Waals surface area contributed by atoms with Crippen molar-refractivity contribution in [3.8, 4) is 0 Å². The summed E-state index contributed by atoms with van der Waals surface area (Å²) in [5.74, 6) is -0.156. The number of nitrogens with zero attached hydrogens (tertiary/aromatic N) is 4. The van der Waals surface area contributed by atoms with Crippen molar-refractivity contribution in [2.24, 2.45) is 0 Å². The van der Waals surface area contributed by atoms with Crippen molar-refractivity contribution in [2.45, 2.75) is 16.5 Å². The lowest BCUT2D eigenvalue weighted by Gasteiger charge is -2.07. The van der Waals surface area contributed by atoms with Gasteiger partial charge in [-0.25, -0.2) is 14.8 Å². The molecule has 0 aliphatic rings. The zero-order valence-corrected chi connectivity index (χ0v) is 15.9. The second-order valence-corrected chi connectivity index (χ2v) is 7.10. The first-order chi connectivity index (χ1) is 13.6. The molecule has 7 nitrogen and oxygen atoms in total. The summed E-state index contributed by atoms with van der Waals surface area (Å²) < 4.78 is 6.64. The van der Waals surface area contributed by atoms with Crippen LogP contribution in [0.1, 0.15) is 15.9 Å². The fourth-order valence-corrected chi connectivity index (χ4v) is 3.68. The van der Waals surface area contributed by atoms with Crippen molar-refractivity contribution >= 4 is 34.8 Å². The molecule has 2 N–H and O–H groups in total. The topological polar surface area (TPSA) is 95.9 Å². The van der Waals surface area contributed by atoms with Crippen LogP contribution < -0.4 is 5.73 Å². The standard InChI is InChI=1S/C20H17N5O2S/c1-27-19(26)14-9-7-13(8-10-14)11-25-12-22-16-17(25)23-20(21)24-18(16)28-15-5-3-2-4-6-15/h2-10,12H,11H2,1H3,(H2,21,23,24). The van der Waals surface area contributed by atoms with Crippen molar-refractivity contribution in [1.82, 2.24) is 19.5 Å². The zero-order valence-electron chi connectivity index (χ0n) is 15.1. The maximum Gasteiger partial charge on any atom is 0.337 e. The summed E-state index contributed by atoms with van der Waals surface area (Å²) in [4.78, 5) is 25.9. The van der Waals surface area contributed by atoms with Gasteiger partial charge < -0.3 is 15.0 Å². The molecule has 4 aromatic rings. The monoisotopic (exact) mass is 391 g/mol. The Morgan fingerprint density at radius 3 is 2.57 bits per heavy atom. The number of nitrogens with two attached hydrogens (primary N) is 1. The highest BCUT2D eigenvalue weighted by Crippen LogP contribution is 2.31. The van der Waals surface area contributed by atoms with Gasteiger partial charge in [-0.2, -0.15) is 4.98 Å². The van der Waals surface area contributed by atoms with Crippen LogP contribution >= 0.6 is 11.8 Å². The zero-order chi connectivity index (χ0) is 19.5. The van der Waals surface area contributed by atoms with E-state index in [1.165, 1.54) is 18.9 Å². The molecule has 0 bridgehead atoms. The predicted molar refractivity (Wildman–Crippen MR) is 107 cm³/mol. The molecule has 0 unspecified atom stereocenters. The number of esters is 1. The SMILES string of the molecule is COC(=O)c1ccc(Cn2cnc3c(Sc4ccccc4)nc(N)nc32)cc1. The van der Waals surface area contributed by atoms with Gasteiger partial charge in [-0.3, -0.25) is 0 Å². The van der Waals surface area contributed by atoms with E-state index in [2.05, 4.69) is 15.0 Å². The van der Waals surface area contributed by atoms with Crippen molar-refractivity contribution < 1.29 is 9.53 Å². The van der Waals surface area contributed by atoms with E-state index in [1.54, 1.807) is 18.5 Å². The van der Waals surface area contributed by atoms with Gasteiger partial charge in [-0.15, -0.1) is 0 Å². The molecule has 0 radical (unpaired) electrons. The molecule has 2 aromatic heterocycles. The number of benzene rings is 2. The number of fused-ring (bicyclic) bond motifs is 1. The molecular weight excluding hydrogens is 374 g/mol.